The van der Waals surface area contributed by atoms with Crippen LogP contribution in [-0.2, 0) is 9.84 Å². The van der Waals surface area contributed by atoms with Crippen LogP contribution in [0.5, 0.6) is 5.75 Å². The van der Waals surface area contributed by atoms with E-state index in [1.165, 1.54) is 0 Å². The molecule has 1 aromatic rings. The first-order chi connectivity index (χ1) is 11.0. The van der Waals surface area contributed by atoms with Crippen LogP contribution in [0.3, 0.4) is 0 Å². The van der Waals surface area contributed by atoms with E-state index in [9.17, 15) is 13.2 Å². The molecule has 0 spiro atoms. The molecular formula is C16H22N2O4S. The summed E-state index contributed by atoms with van der Waals surface area (Å²) in [6.07, 6.45) is 2.35. The van der Waals surface area contributed by atoms with Crippen LogP contribution in [0.1, 0.15) is 30.9 Å². The molecule has 2 aliphatic rings. The fraction of sp³-hybridized carbons (Fsp3) is 0.562. The van der Waals surface area contributed by atoms with Gasteiger partial charge in [-0.05, 0) is 37.0 Å². The summed E-state index contributed by atoms with van der Waals surface area (Å²) in [5.41, 5.74) is 1.05. The Hall–Kier alpha value is -1.76. The second-order valence-electron chi connectivity index (χ2n) is 6.18. The monoisotopic (exact) mass is 338 g/mol. The molecule has 0 aliphatic carbocycles. The summed E-state index contributed by atoms with van der Waals surface area (Å²) < 4.78 is 28.3. The van der Waals surface area contributed by atoms with Crippen molar-refractivity contribution in [2.45, 2.75) is 31.3 Å². The Morgan fingerprint density at radius 2 is 2.17 bits per heavy atom. The Morgan fingerprint density at radius 3 is 2.87 bits per heavy atom. The summed E-state index contributed by atoms with van der Waals surface area (Å²) in [6, 6.07) is 7.34. The van der Waals surface area contributed by atoms with Crippen molar-refractivity contribution in [1.29, 1.82) is 0 Å². The third kappa shape index (κ3) is 3.60. The molecule has 0 bridgehead atoms. The SMILES string of the molecule is COc1cccc([C@H]2CCCN2C(=O)N[C@H]2CCS(=O)(=O)C2)c1. The maximum Gasteiger partial charge on any atom is 0.318 e. The standard InChI is InChI=1S/C16H22N2O4S/c1-22-14-5-2-4-12(10-14)15-6-3-8-18(15)16(19)17-13-7-9-23(20,21)11-13/h2,4-5,10,13,15H,3,6-9,11H2,1H3,(H,17,19)/t13-,15+/m0/s1. The smallest absolute Gasteiger partial charge is 0.318 e. The molecule has 6 nitrogen and oxygen atoms in total. The van der Waals surface area contributed by atoms with Crippen LogP contribution in [-0.4, -0.2) is 50.6 Å². The first-order valence-electron chi connectivity index (χ1n) is 7.90. The summed E-state index contributed by atoms with van der Waals surface area (Å²) in [5.74, 6) is 0.991. The highest BCUT2D eigenvalue weighted by Crippen LogP contribution is 2.33. The molecule has 0 aromatic heterocycles. The van der Waals surface area contributed by atoms with E-state index < -0.39 is 9.84 Å². The van der Waals surface area contributed by atoms with Crippen molar-refractivity contribution >= 4 is 15.9 Å². The number of sulfone groups is 1. The summed E-state index contributed by atoms with van der Waals surface area (Å²) in [4.78, 5) is 14.3. The molecule has 23 heavy (non-hydrogen) atoms. The van der Waals surface area contributed by atoms with E-state index in [4.69, 9.17) is 4.74 Å². The highest BCUT2D eigenvalue weighted by Gasteiger charge is 2.34. The minimum Gasteiger partial charge on any atom is -0.497 e. The van der Waals surface area contributed by atoms with Gasteiger partial charge in [-0.1, -0.05) is 12.1 Å². The minimum atomic E-state index is -2.99. The maximum absolute atomic E-state index is 12.5. The van der Waals surface area contributed by atoms with Crippen molar-refractivity contribution in [3.05, 3.63) is 29.8 Å². The maximum atomic E-state index is 12.5. The summed E-state index contributed by atoms with van der Waals surface area (Å²) in [5, 5.41) is 2.88. The van der Waals surface area contributed by atoms with E-state index in [0.29, 0.717) is 13.0 Å². The molecule has 2 heterocycles. The lowest BCUT2D eigenvalue weighted by Gasteiger charge is -2.27. The topological polar surface area (TPSA) is 75.7 Å². The number of hydrogen-bond acceptors (Lipinski definition) is 4. The number of carbonyl (C=O) groups is 1. The second-order valence-corrected chi connectivity index (χ2v) is 8.41. The van der Waals surface area contributed by atoms with Gasteiger partial charge in [0.2, 0.25) is 0 Å². The number of nitrogens with zero attached hydrogens (tertiary/aromatic N) is 1. The Morgan fingerprint density at radius 1 is 1.35 bits per heavy atom. The molecule has 126 valence electrons. The number of methoxy groups -OCH3 is 1. The summed E-state index contributed by atoms with van der Waals surface area (Å²) >= 11 is 0. The molecule has 2 fully saturated rings. The number of urea groups is 1. The largest absolute Gasteiger partial charge is 0.497 e. The lowest BCUT2D eigenvalue weighted by Crippen LogP contribution is -2.45. The lowest BCUT2D eigenvalue weighted by atomic mass is 10.0. The van der Waals surface area contributed by atoms with E-state index in [-0.39, 0.29) is 29.6 Å². The van der Waals surface area contributed by atoms with Crippen LogP contribution in [0.2, 0.25) is 0 Å². The van der Waals surface area contributed by atoms with Gasteiger partial charge < -0.3 is 15.0 Å². The number of benzene rings is 1. The van der Waals surface area contributed by atoms with E-state index >= 15 is 0 Å². The minimum absolute atomic E-state index is 0.0168. The van der Waals surface area contributed by atoms with Gasteiger partial charge in [0.25, 0.3) is 0 Å². The molecule has 2 amide bonds. The molecule has 0 radical (unpaired) electrons. The van der Waals surface area contributed by atoms with Crippen LogP contribution in [0.15, 0.2) is 24.3 Å². The van der Waals surface area contributed by atoms with Gasteiger partial charge in [0, 0.05) is 12.6 Å². The quantitative estimate of drug-likeness (QED) is 0.911. The zero-order valence-electron chi connectivity index (χ0n) is 13.2. The third-order valence-electron chi connectivity index (χ3n) is 4.55. The van der Waals surface area contributed by atoms with E-state index in [2.05, 4.69) is 5.32 Å². The van der Waals surface area contributed by atoms with Crippen molar-refractivity contribution in [2.24, 2.45) is 0 Å². The van der Waals surface area contributed by atoms with Gasteiger partial charge in [-0.2, -0.15) is 0 Å². The summed E-state index contributed by atoms with van der Waals surface area (Å²) in [7, 11) is -1.37. The molecule has 1 N–H and O–H groups in total. The lowest BCUT2D eigenvalue weighted by molar-refractivity contribution is 0.190. The number of likely N-dealkylation sites (tertiary alicyclic amines) is 1. The van der Waals surface area contributed by atoms with Gasteiger partial charge in [-0.3, -0.25) is 0 Å². The van der Waals surface area contributed by atoms with Crippen LogP contribution >= 0.6 is 0 Å². The Balaban J connectivity index is 1.69. The average Bonchev–Trinajstić information content (AvgIpc) is 3.14. The molecule has 7 heteroatoms. The van der Waals surface area contributed by atoms with Crippen LogP contribution < -0.4 is 10.1 Å². The van der Waals surface area contributed by atoms with Crippen molar-refractivity contribution in [2.75, 3.05) is 25.2 Å². The molecule has 0 saturated carbocycles. The van der Waals surface area contributed by atoms with Crippen LogP contribution in [0.25, 0.3) is 0 Å². The van der Waals surface area contributed by atoms with Crippen molar-refractivity contribution in [3.8, 4) is 5.75 Å². The number of carbonyl (C=O) groups excluding carboxylic acids is 1. The molecule has 3 rings (SSSR count). The van der Waals surface area contributed by atoms with Crippen LogP contribution in [0.4, 0.5) is 4.79 Å². The predicted octanol–water partition coefficient (Wildman–Crippen LogP) is 1.73. The van der Waals surface area contributed by atoms with Crippen molar-refractivity contribution < 1.29 is 17.9 Å². The predicted molar refractivity (Wildman–Crippen MR) is 87.3 cm³/mol. The molecule has 1 aromatic carbocycles. The number of hydrogen-bond donors (Lipinski definition) is 1. The van der Waals surface area contributed by atoms with E-state index in [1.54, 1.807) is 12.0 Å². The van der Waals surface area contributed by atoms with Gasteiger partial charge >= 0.3 is 6.03 Å². The number of ether oxygens (including phenoxy) is 1. The van der Waals surface area contributed by atoms with Gasteiger partial charge in [0.1, 0.15) is 5.75 Å². The highest BCUT2D eigenvalue weighted by atomic mass is 32.2. The van der Waals surface area contributed by atoms with Crippen molar-refractivity contribution in [3.63, 3.8) is 0 Å². The first kappa shape index (κ1) is 16.1. The number of rotatable bonds is 3. The molecule has 0 unspecified atom stereocenters. The first-order valence-corrected chi connectivity index (χ1v) is 9.72. The molecule has 2 aliphatic heterocycles. The fourth-order valence-corrected chi connectivity index (χ4v) is 5.04. The Bertz CT molecular complexity index is 689. The zero-order chi connectivity index (χ0) is 16.4. The van der Waals surface area contributed by atoms with E-state index in [0.717, 1.165) is 24.2 Å². The van der Waals surface area contributed by atoms with Crippen molar-refractivity contribution in [1.82, 2.24) is 10.2 Å². The Labute approximate surface area is 136 Å². The second kappa shape index (κ2) is 6.39. The number of nitrogens with one attached hydrogen (secondary N) is 1. The van der Waals surface area contributed by atoms with E-state index in [1.807, 2.05) is 24.3 Å². The Kier molecular flexibility index (Phi) is 4.48. The highest BCUT2D eigenvalue weighted by molar-refractivity contribution is 7.91. The van der Waals surface area contributed by atoms with Gasteiger partial charge in [0.05, 0.1) is 24.7 Å². The molecule has 2 atom stereocenters. The molecular weight excluding hydrogens is 316 g/mol. The van der Waals surface area contributed by atoms with Gasteiger partial charge in [-0.25, -0.2) is 13.2 Å². The molecule has 2 saturated heterocycles. The van der Waals surface area contributed by atoms with Crippen LogP contribution in [0, 0.1) is 0 Å². The summed E-state index contributed by atoms with van der Waals surface area (Å²) in [6.45, 7) is 0.688. The third-order valence-corrected chi connectivity index (χ3v) is 6.32. The number of amides is 2. The van der Waals surface area contributed by atoms with Gasteiger partial charge in [0.15, 0.2) is 9.84 Å². The zero-order valence-corrected chi connectivity index (χ0v) is 14.0. The normalized spacial score (nSPS) is 26.2. The van der Waals surface area contributed by atoms with Gasteiger partial charge in [-0.15, -0.1) is 0 Å². The fourth-order valence-electron chi connectivity index (χ4n) is 3.37. The average molecular weight is 338 g/mol.